The summed E-state index contributed by atoms with van der Waals surface area (Å²) in [5.41, 5.74) is 0. The van der Waals surface area contributed by atoms with E-state index in [2.05, 4.69) is 33.0 Å². The van der Waals surface area contributed by atoms with Gasteiger partial charge in [0.05, 0.1) is 0 Å². The van der Waals surface area contributed by atoms with Gasteiger partial charge in [0.1, 0.15) is 0 Å². The fourth-order valence-corrected chi connectivity index (χ4v) is 2.68. The van der Waals surface area contributed by atoms with Crippen LogP contribution in [0.5, 0.6) is 0 Å². The molecular formula is C17H37N. The predicted molar refractivity (Wildman–Crippen MR) is 84.1 cm³/mol. The minimum atomic E-state index is 0.901. The second kappa shape index (κ2) is 13.4. The molecule has 0 spiro atoms. The maximum atomic E-state index is 3.74. The van der Waals surface area contributed by atoms with E-state index in [-0.39, 0.29) is 0 Å². The van der Waals surface area contributed by atoms with E-state index in [4.69, 9.17) is 0 Å². The van der Waals surface area contributed by atoms with Crippen molar-refractivity contribution in [2.75, 3.05) is 13.1 Å². The highest BCUT2D eigenvalue weighted by Gasteiger charge is 2.09. The first kappa shape index (κ1) is 18.0. The van der Waals surface area contributed by atoms with Gasteiger partial charge in [-0.15, -0.1) is 0 Å². The van der Waals surface area contributed by atoms with Crippen molar-refractivity contribution < 1.29 is 0 Å². The van der Waals surface area contributed by atoms with E-state index in [1.54, 1.807) is 0 Å². The van der Waals surface area contributed by atoms with Crippen molar-refractivity contribution in [3.8, 4) is 0 Å². The Balaban J connectivity index is 3.73. The zero-order valence-corrected chi connectivity index (χ0v) is 13.4. The molecule has 0 aromatic heterocycles. The van der Waals surface area contributed by atoms with Gasteiger partial charge in [-0.25, -0.2) is 0 Å². The van der Waals surface area contributed by atoms with Gasteiger partial charge in [0.2, 0.25) is 0 Å². The van der Waals surface area contributed by atoms with Crippen LogP contribution in [0.4, 0.5) is 0 Å². The number of unbranched alkanes of at least 4 members (excludes halogenated alkanes) is 2. The van der Waals surface area contributed by atoms with Crippen LogP contribution in [-0.4, -0.2) is 13.1 Å². The van der Waals surface area contributed by atoms with E-state index < -0.39 is 0 Å². The van der Waals surface area contributed by atoms with E-state index in [1.807, 2.05) is 0 Å². The standard InChI is InChI=1S/C17H37N/c1-5-9-12-16(8-4)14-18-15-17(11-7-3)13-10-6-2/h16-18H,5-15H2,1-4H3. The van der Waals surface area contributed by atoms with Crippen LogP contribution < -0.4 is 5.32 Å². The SMILES string of the molecule is CCCCC(CC)CNCC(CCC)CCCC. The molecule has 1 N–H and O–H groups in total. The Morgan fingerprint density at radius 2 is 1.22 bits per heavy atom. The zero-order valence-electron chi connectivity index (χ0n) is 13.4. The van der Waals surface area contributed by atoms with E-state index in [9.17, 15) is 0 Å². The zero-order chi connectivity index (χ0) is 13.6. The second-order valence-corrected chi connectivity index (χ2v) is 5.87. The van der Waals surface area contributed by atoms with Crippen LogP contribution in [-0.2, 0) is 0 Å². The second-order valence-electron chi connectivity index (χ2n) is 5.87. The quantitative estimate of drug-likeness (QED) is 0.465. The minimum absolute atomic E-state index is 0.901. The molecule has 0 fully saturated rings. The van der Waals surface area contributed by atoms with Crippen LogP contribution >= 0.6 is 0 Å². The third-order valence-corrected chi connectivity index (χ3v) is 4.07. The summed E-state index contributed by atoms with van der Waals surface area (Å²) in [4.78, 5) is 0. The van der Waals surface area contributed by atoms with Gasteiger partial charge in [-0.2, -0.15) is 0 Å². The summed E-state index contributed by atoms with van der Waals surface area (Å²) >= 11 is 0. The molecular weight excluding hydrogens is 218 g/mol. The fraction of sp³-hybridized carbons (Fsp3) is 1.00. The van der Waals surface area contributed by atoms with Gasteiger partial charge in [0, 0.05) is 0 Å². The van der Waals surface area contributed by atoms with Crippen LogP contribution in [0, 0.1) is 11.8 Å². The largest absolute Gasteiger partial charge is 0.316 e. The van der Waals surface area contributed by atoms with E-state index in [0.29, 0.717) is 0 Å². The molecule has 0 bridgehead atoms. The van der Waals surface area contributed by atoms with E-state index in [0.717, 1.165) is 11.8 Å². The average Bonchev–Trinajstić information content (AvgIpc) is 2.39. The number of hydrogen-bond donors (Lipinski definition) is 1. The Morgan fingerprint density at radius 1 is 0.667 bits per heavy atom. The van der Waals surface area contributed by atoms with Crippen LogP contribution in [0.1, 0.15) is 85.5 Å². The van der Waals surface area contributed by atoms with E-state index in [1.165, 1.54) is 70.9 Å². The molecule has 0 saturated heterocycles. The molecule has 0 aliphatic heterocycles. The van der Waals surface area contributed by atoms with Crippen LogP contribution in [0.2, 0.25) is 0 Å². The molecule has 1 heteroatoms. The Hall–Kier alpha value is -0.0400. The van der Waals surface area contributed by atoms with Crippen molar-refractivity contribution in [1.82, 2.24) is 5.32 Å². The van der Waals surface area contributed by atoms with Gasteiger partial charge < -0.3 is 5.32 Å². The summed E-state index contributed by atoms with van der Waals surface area (Å²) in [7, 11) is 0. The van der Waals surface area contributed by atoms with Crippen molar-refractivity contribution in [3.63, 3.8) is 0 Å². The van der Waals surface area contributed by atoms with Crippen LogP contribution in [0.25, 0.3) is 0 Å². The molecule has 0 amide bonds. The van der Waals surface area contributed by atoms with Gasteiger partial charge in [0.15, 0.2) is 0 Å². The maximum Gasteiger partial charge on any atom is -0.00204 e. The summed E-state index contributed by atoms with van der Waals surface area (Å²) in [5, 5.41) is 3.74. The monoisotopic (exact) mass is 255 g/mol. The maximum absolute atomic E-state index is 3.74. The molecule has 18 heavy (non-hydrogen) atoms. The third-order valence-electron chi connectivity index (χ3n) is 4.07. The molecule has 0 aromatic carbocycles. The molecule has 0 aromatic rings. The van der Waals surface area contributed by atoms with Crippen molar-refractivity contribution in [3.05, 3.63) is 0 Å². The van der Waals surface area contributed by atoms with E-state index >= 15 is 0 Å². The normalized spacial score (nSPS) is 14.7. The van der Waals surface area contributed by atoms with Crippen molar-refractivity contribution in [2.45, 2.75) is 85.5 Å². The Bertz CT molecular complexity index is 156. The number of nitrogens with one attached hydrogen (secondary N) is 1. The Labute approximate surface area is 116 Å². The summed E-state index contributed by atoms with van der Waals surface area (Å²) in [6, 6.07) is 0. The summed E-state index contributed by atoms with van der Waals surface area (Å²) in [5.74, 6) is 1.82. The molecule has 0 radical (unpaired) electrons. The van der Waals surface area contributed by atoms with Crippen molar-refractivity contribution in [1.29, 1.82) is 0 Å². The van der Waals surface area contributed by atoms with Gasteiger partial charge in [-0.1, -0.05) is 66.2 Å². The lowest BCUT2D eigenvalue weighted by Crippen LogP contribution is -2.28. The number of hydrogen-bond acceptors (Lipinski definition) is 1. The van der Waals surface area contributed by atoms with Gasteiger partial charge in [-0.3, -0.25) is 0 Å². The lowest BCUT2D eigenvalue weighted by Gasteiger charge is -2.20. The van der Waals surface area contributed by atoms with Gasteiger partial charge in [-0.05, 0) is 44.2 Å². The third kappa shape index (κ3) is 9.94. The highest BCUT2D eigenvalue weighted by molar-refractivity contribution is 4.66. The highest BCUT2D eigenvalue weighted by Crippen LogP contribution is 2.15. The topological polar surface area (TPSA) is 12.0 Å². The van der Waals surface area contributed by atoms with Crippen molar-refractivity contribution >= 4 is 0 Å². The minimum Gasteiger partial charge on any atom is -0.316 e. The smallest absolute Gasteiger partial charge is 0.00204 e. The first-order valence-corrected chi connectivity index (χ1v) is 8.49. The van der Waals surface area contributed by atoms with Crippen LogP contribution in [0.15, 0.2) is 0 Å². The highest BCUT2D eigenvalue weighted by atomic mass is 14.9. The summed E-state index contributed by atoms with van der Waals surface area (Å²) < 4.78 is 0. The predicted octanol–water partition coefficient (Wildman–Crippen LogP) is 5.40. The molecule has 1 nitrogen and oxygen atoms in total. The lowest BCUT2D eigenvalue weighted by molar-refractivity contribution is 0.363. The van der Waals surface area contributed by atoms with Crippen LogP contribution in [0.3, 0.4) is 0 Å². The first-order chi connectivity index (χ1) is 8.78. The molecule has 0 heterocycles. The molecule has 2 unspecified atom stereocenters. The van der Waals surface area contributed by atoms with Gasteiger partial charge in [0.25, 0.3) is 0 Å². The fourth-order valence-electron chi connectivity index (χ4n) is 2.68. The lowest BCUT2D eigenvalue weighted by atomic mass is 9.96. The molecule has 0 aliphatic rings. The van der Waals surface area contributed by atoms with Gasteiger partial charge >= 0.3 is 0 Å². The molecule has 110 valence electrons. The molecule has 0 rings (SSSR count). The van der Waals surface area contributed by atoms with Crippen molar-refractivity contribution in [2.24, 2.45) is 11.8 Å². The molecule has 0 aliphatic carbocycles. The summed E-state index contributed by atoms with van der Waals surface area (Å²) in [6.07, 6.45) is 12.4. The number of rotatable bonds is 13. The first-order valence-electron chi connectivity index (χ1n) is 8.49. The molecule has 2 atom stereocenters. The average molecular weight is 255 g/mol. The summed E-state index contributed by atoms with van der Waals surface area (Å²) in [6.45, 7) is 11.7. The Kier molecular flexibility index (Phi) is 13.4. The molecule has 0 saturated carbocycles. The Morgan fingerprint density at radius 3 is 1.72 bits per heavy atom.